The predicted molar refractivity (Wildman–Crippen MR) is 58.1 cm³/mol. The van der Waals surface area contributed by atoms with Crippen LogP contribution in [0, 0.1) is 0 Å². The molecule has 0 aliphatic carbocycles. The van der Waals surface area contributed by atoms with Crippen LogP contribution in [0.4, 0.5) is 0 Å². The minimum atomic E-state index is -0.0770. The molecule has 0 bridgehead atoms. The number of rotatable bonds is 10. The van der Waals surface area contributed by atoms with Gasteiger partial charge in [0.1, 0.15) is 0 Å². The van der Waals surface area contributed by atoms with Crippen LogP contribution in [0.25, 0.3) is 0 Å². The third-order valence-electron chi connectivity index (χ3n) is 1.93. The fourth-order valence-corrected chi connectivity index (χ4v) is 1.09. The van der Waals surface area contributed by atoms with Gasteiger partial charge in [0.05, 0.1) is 0 Å². The van der Waals surface area contributed by atoms with E-state index < -0.39 is 0 Å². The van der Waals surface area contributed by atoms with Crippen LogP contribution in [0.3, 0.4) is 0 Å². The zero-order valence-corrected chi connectivity index (χ0v) is 9.55. The molecule has 0 aromatic rings. The molecular weight excluding hydrogens is 178 g/mol. The molecule has 0 fully saturated rings. The Morgan fingerprint density at radius 2 is 1.71 bits per heavy atom. The first-order chi connectivity index (χ1) is 6.85. The molecule has 85 valence electrons. The van der Waals surface area contributed by atoms with Crippen LogP contribution in [0.5, 0.6) is 0 Å². The Morgan fingerprint density at radius 3 is 2.29 bits per heavy atom. The lowest BCUT2D eigenvalue weighted by molar-refractivity contribution is -0.146. The fraction of sp³-hybridized carbons (Fsp3) is 1.00. The first-order valence-corrected chi connectivity index (χ1v) is 5.72. The quantitative estimate of drug-likeness (QED) is 0.403. The van der Waals surface area contributed by atoms with E-state index in [1.54, 1.807) is 0 Å². The van der Waals surface area contributed by atoms with Crippen LogP contribution in [-0.4, -0.2) is 26.0 Å². The van der Waals surface area contributed by atoms with Crippen molar-refractivity contribution in [2.75, 3.05) is 19.8 Å². The molecule has 0 saturated carbocycles. The van der Waals surface area contributed by atoms with E-state index in [2.05, 4.69) is 13.8 Å². The summed E-state index contributed by atoms with van der Waals surface area (Å²) in [7, 11) is 0. The Balaban J connectivity index is 3.49. The van der Waals surface area contributed by atoms with Gasteiger partial charge in [-0.3, -0.25) is 5.73 Å². The minimum absolute atomic E-state index is 0.0770. The van der Waals surface area contributed by atoms with Crippen molar-refractivity contribution < 1.29 is 9.47 Å². The van der Waals surface area contributed by atoms with Crippen molar-refractivity contribution >= 4 is 0 Å². The van der Waals surface area contributed by atoms with Crippen LogP contribution >= 0.6 is 0 Å². The Morgan fingerprint density at radius 1 is 1.00 bits per heavy atom. The van der Waals surface area contributed by atoms with Crippen molar-refractivity contribution in [2.24, 2.45) is 0 Å². The molecule has 0 saturated heterocycles. The molecule has 1 atom stereocenters. The van der Waals surface area contributed by atoms with Crippen LogP contribution in [0.15, 0.2) is 0 Å². The Labute approximate surface area is 88.0 Å². The predicted octanol–water partition coefficient (Wildman–Crippen LogP) is 2.62. The molecule has 0 spiro atoms. The van der Waals surface area contributed by atoms with Crippen molar-refractivity contribution in [3.63, 3.8) is 0 Å². The van der Waals surface area contributed by atoms with E-state index in [1.807, 2.05) is 0 Å². The fourth-order valence-electron chi connectivity index (χ4n) is 1.09. The first-order valence-electron chi connectivity index (χ1n) is 5.72. The van der Waals surface area contributed by atoms with Gasteiger partial charge >= 0.3 is 0 Å². The van der Waals surface area contributed by atoms with Crippen molar-refractivity contribution in [1.82, 2.24) is 5.73 Å². The summed E-state index contributed by atoms with van der Waals surface area (Å²) in [6.07, 6.45) is 4.90. The average molecular weight is 202 g/mol. The van der Waals surface area contributed by atoms with E-state index in [9.17, 15) is 0 Å². The maximum absolute atomic E-state index is 7.08. The molecule has 0 heterocycles. The molecular formula is C11H24NO2. The SMILES string of the molecule is CCCCOC(CCC[NH])OCCC. The van der Waals surface area contributed by atoms with Gasteiger partial charge in [-0.2, -0.15) is 0 Å². The van der Waals surface area contributed by atoms with E-state index >= 15 is 0 Å². The van der Waals surface area contributed by atoms with Gasteiger partial charge in [-0.1, -0.05) is 20.3 Å². The van der Waals surface area contributed by atoms with Gasteiger partial charge in [0.25, 0.3) is 0 Å². The van der Waals surface area contributed by atoms with Gasteiger partial charge in [0.15, 0.2) is 6.29 Å². The molecule has 0 aliphatic rings. The third-order valence-corrected chi connectivity index (χ3v) is 1.93. The molecule has 1 radical (unpaired) electrons. The second-order valence-corrected chi connectivity index (χ2v) is 3.42. The molecule has 3 nitrogen and oxygen atoms in total. The number of hydrogen-bond donors (Lipinski definition) is 0. The molecule has 1 N–H and O–H groups in total. The molecule has 0 aromatic carbocycles. The lowest BCUT2D eigenvalue weighted by Gasteiger charge is -2.17. The van der Waals surface area contributed by atoms with Crippen LogP contribution in [-0.2, 0) is 9.47 Å². The second-order valence-electron chi connectivity index (χ2n) is 3.42. The second kappa shape index (κ2) is 11.0. The summed E-state index contributed by atoms with van der Waals surface area (Å²) >= 11 is 0. The molecule has 0 rings (SSSR count). The topological polar surface area (TPSA) is 42.3 Å². The lowest BCUT2D eigenvalue weighted by atomic mass is 10.3. The van der Waals surface area contributed by atoms with Crippen LogP contribution in [0.1, 0.15) is 46.0 Å². The number of nitrogens with one attached hydrogen (secondary N) is 1. The van der Waals surface area contributed by atoms with Gasteiger partial charge in [0, 0.05) is 19.8 Å². The molecule has 0 aromatic heterocycles. The van der Waals surface area contributed by atoms with Gasteiger partial charge in [-0.05, 0) is 25.7 Å². The largest absolute Gasteiger partial charge is 0.353 e. The monoisotopic (exact) mass is 202 g/mol. The van der Waals surface area contributed by atoms with Crippen LogP contribution < -0.4 is 5.73 Å². The highest BCUT2D eigenvalue weighted by molar-refractivity contribution is 4.48. The highest BCUT2D eigenvalue weighted by Gasteiger charge is 2.07. The molecule has 0 amide bonds. The van der Waals surface area contributed by atoms with Gasteiger partial charge in [0.2, 0.25) is 0 Å². The summed E-state index contributed by atoms with van der Waals surface area (Å²) in [5.41, 5.74) is 7.08. The van der Waals surface area contributed by atoms with E-state index in [-0.39, 0.29) is 6.29 Å². The summed E-state index contributed by atoms with van der Waals surface area (Å²) < 4.78 is 11.1. The highest BCUT2D eigenvalue weighted by Crippen LogP contribution is 2.06. The van der Waals surface area contributed by atoms with Crippen molar-refractivity contribution in [3.8, 4) is 0 Å². The highest BCUT2D eigenvalue weighted by atomic mass is 16.7. The van der Waals surface area contributed by atoms with Crippen molar-refractivity contribution in [2.45, 2.75) is 52.2 Å². The van der Waals surface area contributed by atoms with E-state index in [4.69, 9.17) is 15.2 Å². The smallest absolute Gasteiger partial charge is 0.157 e. The zero-order chi connectivity index (χ0) is 10.6. The normalized spacial score (nSPS) is 13.1. The molecule has 0 aliphatic heterocycles. The van der Waals surface area contributed by atoms with Crippen molar-refractivity contribution in [3.05, 3.63) is 0 Å². The van der Waals surface area contributed by atoms with Crippen molar-refractivity contribution in [1.29, 1.82) is 0 Å². The lowest BCUT2D eigenvalue weighted by Crippen LogP contribution is -2.19. The van der Waals surface area contributed by atoms with E-state index in [1.165, 1.54) is 0 Å². The summed E-state index contributed by atoms with van der Waals surface area (Å²) in [5, 5.41) is 0. The Hall–Kier alpha value is -0.120. The number of ether oxygens (including phenoxy) is 2. The number of unbranched alkanes of at least 4 members (excludes halogenated alkanes) is 1. The molecule has 14 heavy (non-hydrogen) atoms. The Kier molecular flexibility index (Phi) is 10.9. The summed E-state index contributed by atoms with van der Waals surface area (Å²) in [6, 6.07) is 0. The average Bonchev–Trinajstić information content (AvgIpc) is 2.21. The van der Waals surface area contributed by atoms with E-state index in [0.717, 1.165) is 45.3 Å². The first kappa shape index (κ1) is 13.9. The molecule has 3 heteroatoms. The Bertz CT molecular complexity index is 101. The van der Waals surface area contributed by atoms with Gasteiger partial charge in [-0.15, -0.1) is 0 Å². The van der Waals surface area contributed by atoms with E-state index in [0.29, 0.717) is 6.54 Å². The third kappa shape index (κ3) is 8.48. The summed E-state index contributed by atoms with van der Waals surface area (Å²) in [5.74, 6) is 0. The van der Waals surface area contributed by atoms with Gasteiger partial charge < -0.3 is 9.47 Å². The van der Waals surface area contributed by atoms with Crippen LogP contribution in [0.2, 0.25) is 0 Å². The maximum Gasteiger partial charge on any atom is 0.157 e. The molecule has 1 unspecified atom stereocenters. The number of hydrogen-bond acceptors (Lipinski definition) is 2. The van der Waals surface area contributed by atoms with Gasteiger partial charge in [-0.25, -0.2) is 0 Å². The minimum Gasteiger partial charge on any atom is -0.353 e. The standard InChI is InChI=1S/C11H24NO2/c1-3-5-10-14-11(7-6-8-12)13-9-4-2/h11-12H,3-10H2,1-2H3. The zero-order valence-electron chi connectivity index (χ0n) is 9.55. The summed E-state index contributed by atoms with van der Waals surface area (Å²) in [4.78, 5) is 0. The maximum atomic E-state index is 7.08. The summed E-state index contributed by atoms with van der Waals surface area (Å²) in [6.45, 7) is 6.24.